The first kappa shape index (κ1) is 11.7. The van der Waals surface area contributed by atoms with Crippen molar-refractivity contribution < 1.29 is 4.79 Å². The van der Waals surface area contributed by atoms with Crippen LogP contribution in [-0.2, 0) is 0 Å². The van der Waals surface area contributed by atoms with Gasteiger partial charge in [-0.05, 0) is 44.4 Å². The van der Waals surface area contributed by atoms with E-state index >= 15 is 0 Å². The second-order valence-electron chi connectivity index (χ2n) is 5.34. The Bertz CT molecular complexity index is 414. The summed E-state index contributed by atoms with van der Waals surface area (Å²) in [4.78, 5) is 14.6. The highest BCUT2D eigenvalue weighted by Gasteiger charge is 2.36. The number of hydrogen-bond acceptors (Lipinski definition) is 2. The second kappa shape index (κ2) is 5.11. The normalized spacial score (nSPS) is 24.1. The smallest absolute Gasteiger partial charge is 0.251 e. The lowest BCUT2D eigenvalue weighted by Crippen LogP contribution is -2.41. The first-order valence-corrected chi connectivity index (χ1v) is 6.93. The quantitative estimate of drug-likeness (QED) is 0.879. The van der Waals surface area contributed by atoms with Crippen LogP contribution in [0.1, 0.15) is 36.0 Å². The van der Waals surface area contributed by atoms with Gasteiger partial charge in [0.25, 0.3) is 5.91 Å². The van der Waals surface area contributed by atoms with E-state index < -0.39 is 0 Å². The molecule has 0 radical (unpaired) electrons. The molecule has 3 rings (SSSR count). The minimum atomic E-state index is 0.0539. The zero-order valence-electron chi connectivity index (χ0n) is 10.6. The third kappa shape index (κ3) is 2.56. The van der Waals surface area contributed by atoms with Crippen molar-refractivity contribution in [3.63, 3.8) is 0 Å². The molecule has 1 aromatic carbocycles. The van der Waals surface area contributed by atoms with E-state index in [9.17, 15) is 4.79 Å². The van der Waals surface area contributed by atoms with Crippen molar-refractivity contribution in [2.24, 2.45) is 0 Å². The summed E-state index contributed by atoms with van der Waals surface area (Å²) < 4.78 is 0. The van der Waals surface area contributed by atoms with Crippen LogP contribution in [0.25, 0.3) is 0 Å². The minimum absolute atomic E-state index is 0.0539. The topological polar surface area (TPSA) is 32.3 Å². The molecule has 96 valence electrons. The Morgan fingerprint density at radius 2 is 2.00 bits per heavy atom. The van der Waals surface area contributed by atoms with Crippen LogP contribution in [0.15, 0.2) is 30.3 Å². The van der Waals surface area contributed by atoms with Gasteiger partial charge >= 0.3 is 0 Å². The molecule has 0 spiro atoms. The molecule has 1 aliphatic heterocycles. The van der Waals surface area contributed by atoms with Crippen LogP contribution in [0.2, 0.25) is 0 Å². The molecule has 18 heavy (non-hydrogen) atoms. The monoisotopic (exact) mass is 244 g/mol. The summed E-state index contributed by atoms with van der Waals surface area (Å²) in [6.07, 6.45) is 5.21. The molecule has 2 aliphatic rings. The van der Waals surface area contributed by atoms with Gasteiger partial charge in [0.1, 0.15) is 0 Å². The summed E-state index contributed by atoms with van der Waals surface area (Å²) in [5.74, 6) is 0.0539. The molecular weight excluding hydrogens is 224 g/mol. The van der Waals surface area contributed by atoms with Gasteiger partial charge in [-0.1, -0.05) is 18.2 Å². The Labute approximate surface area is 108 Å². The van der Waals surface area contributed by atoms with Crippen molar-refractivity contribution in [3.8, 4) is 0 Å². The van der Waals surface area contributed by atoms with Crippen molar-refractivity contribution in [1.29, 1.82) is 0 Å². The molecule has 1 saturated heterocycles. The molecule has 1 aliphatic carbocycles. The fraction of sp³-hybridized carbons (Fsp3) is 0.533. The van der Waals surface area contributed by atoms with Gasteiger partial charge in [0.15, 0.2) is 0 Å². The number of hydrogen-bond donors (Lipinski definition) is 1. The third-order valence-corrected chi connectivity index (χ3v) is 3.97. The van der Waals surface area contributed by atoms with E-state index in [1.807, 2.05) is 30.3 Å². The Morgan fingerprint density at radius 1 is 1.22 bits per heavy atom. The number of nitrogens with zero attached hydrogens (tertiary/aromatic N) is 1. The summed E-state index contributed by atoms with van der Waals surface area (Å²) in [7, 11) is 0. The van der Waals surface area contributed by atoms with E-state index in [1.165, 1.54) is 32.2 Å². The van der Waals surface area contributed by atoms with E-state index in [4.69, 9.17) is 0 Å². The SMILES string of the molecule is O=C(NCC1CCCN1C1CC1)c1ccccc1. The summed E-state index contributed by atoms with van der Waals surface area (Å²) in [6.45, 7) is 2.01. The van der Waals surface area contributed by atoms with Gasteiger partial charge in [0.2, 0.25) is 0 Å². The Morgan fingerprint density at radius 3 is 2.72 bits per heavy atom. The summed E-state index contributed by atoms with van der Waals surface area (Å²) >= 11 is 0. The van der Waals surface area contributed by atoms with Gasteiger partial charge in [0.05, 0.1) is 0 Å². The first-order valence-electron chi connectivity index (χ1n) is 6.93. The van der Waals surface area contributed by atoms with Gasteiger partial charge in [-0.2, -0.15) is 0 Å². The maximum absolute atomic E-state index is 12.0. The van der Waals surface area contributed by atoms with Gasteiger partial charge in [0, 0.05) is 24.2 Å². The molecule has 3 nitrogen and oxygen atoms in total. The fourth-order valence-corrected chi connectivity index (χ4v) is 2.87. The maximum Gasteiger partial charge on any atom is 0.251 e. The van der Waals surface area contributed by atoms with Gasteiger partial charge in [-0.3, -0.25) is 9.69 Å². The fourth-order valence-electron chi connectivity index (χ4n) is 2.87. The molecule has 1 atom stereocenters. The molecule has 1 saturated carbocycles. The number of nitrogens with one attached hydrogen (secondary N) is 1. The zero-order valence-corrected chi connectivity index (χ0v) is 10.6. The predicted molar refractivity (Wildman–Crippen MR) is 71.5 cm³/mol. The van der Waals surface area contributed by atoms with Gasteiger partial charge < -0.3 is 5.32 Å². The molecule has 0 bridgehead atoms. The second-order valence-corrected chi connectivity index (χ2v) is 5.34. The predicted octanol–water partition coefficient (Wildman–Crippen LogP) is 2.04. The van der Waals surface area contributed by atoms with Crippen molar-refractivity contribution in [2.45, 2.75) is 37.8 Å². The summed E-state index contributed by atoms with van der Waals surface area (Å²) in [6, 6.07) is 10.8. The Balaban J connectivity index is 1.53. The van der Waals surface area contributed by atoms with Crippen LogP contribution in [0.4, 0.5) is 0 Å². The lowest BCUT2D eigenvalue weighted by Gasteiger charge is -2.24. The Hall–Kier alpha value is -1.35. The van der Waals surface area contributed by atoms with Crippen molar-refractivity contribution in [2.75, 3.05) is 13.1 Å². The molecule has 1 heterocycles. The van der Waals surface area contributed by atoms with Crippen LogP contribution in [0.3, 0.4) is 0 Å². The van der Waals surface area contributed by atoms with Crippen molar-refractivity contribution >= 4 is 5.91 Å². The lowest BCUT2D eigenvalue weighted by atomic mass is 10.2. The molecular formula is C15H20N2O. The highest BCUT2D eigenvalue weighted by Crippen LogP contribution is 2.33. The first-order chi connectivity index (χ1) is 8.84. The number of rotatable bonds is 4. The maximum atomic E-state index is 12.0. The molecule has 1 amide bonds. The largest absolute Gasteiger partial charge is 0.350 e. The highest BCUT2D eigenvalue weighted by molar-refractivity contribution is 5.94. The number of benzene rings is 1. The average molecular weight is 244 g/mol. The van der Waals surface area contributed by atoms with E-state index in [1.54, 1.807) is 0 Å². The summed E-state index contributed by atoms with van der Waals surface area (Å²) in [5, 5.41) is 3.07. The summed E-state index contributed by atoms with van der Waals surface area (Å²) in [5.41, 5.74) is 0.758. The Kier molecular flexibility index (Phi) is 3.33. The van der Waals surface area contributed by atoms with Gasteiger partial charge in [-0.25, -0.2) is 0 Å². The lowest BCUT2D eigenvalue weighted by molar-refractivity contribution is 0.0939. The molecule has 3 heteroatoms. The number of likely N-dealkylation sites (tertiary alicyclic amines) is 1. The van der Waals surface area contributed by atoms with Crippen LogP contribution < -0.4 is 5.32 Å². The van der Waals surface area contributed by atoms with E-state index in [2.05, 4.69) is 10.2 Å². The third-order valence-electron chi connectivity index (χ3n) is 3.97. The van der Waals surface area contributed by atoms with Crippen molar-refractivity contribution in [1.82, 2.24) is 10.2 Å². The minimum Gasteiger partial charge on any atom is -0.350 e. The van der Waals surface area contributed by atoms with E-state index in [0.717, 1.165) is 18.2 Å². The average Bonchev–Trinajstić information content (AvgIpc) is 3.16. The molecule has 1 N–H and O–H groups in total. The molecule has 0 aromatic heterocycles. The van der Waals surface area contributed by atoms with E-state index in [0.29, 0.717) is 6.04 Å². The zero-order chi connectivity index (χ0) is 12.4. The van der Waals surface area contributed by atoms with Crippen LogP contribution in [-0.4, -0.2) is 36.0 Å². The van der Waals surface area contributed by atoms with Crippen LogP contribution in [0.5, 0.6) is 0 Å². The standard InChI is InChI=1S/C15H20N2O/c18-15(12-5-2-1-3-6-12)16-11-14-7-4-10-17(14)13-8-9-13/h1-3,5-6,13-14H,4,7-11H2,(H,16,18). The van der Waals surface area contributed by atoms with Gasteiger partial charge in [-0.15, -0.1) is 0 Å². The van der Waals surface area contributed by atoms with Crippen LogP contribution >= 0.6 is 0 Å². The highest BCUT2D eigenvalue weighted by atomic mass is 16.1. The molecule has 1 aromatic rings. The van der Waals surface area contributed by atoms with Crippen LogP contribution in [0, 0.1) is 0 Å². The number of amides is 1. The molecule has 1 unspecified atom stereocenters. The number of carbonyl (C=O) groups excluding carboxylic acids is 1. The van der Waals surface area contributed by atoms with Crippen molar-refractivity contribution in [3.05, 3.63) is 35.9 Å². The van der Waals surface area contributed by atoms with E-state index in [-0.39, 0.29) is 5.91 Å². The number of carbonyl (C=O) groups is 1. The molecule has 2 fully saturated rings.